The molecule has 4 nitrogen and oxygen atoms in total. The molecule has 1 aromatic carbocycles. The Kier molecular flexibility index (Phi) is 4.78. The Balaban J connectivity index is 1.97. The number of rotatable bonds is 5. The topological polar surface area (TPSA) is 58.2 Å². The third kappa shape index (κ3) is 3.89. The number of nitrogens with one attached hydrogen (secondary N) is 2. The van der Waals surface area contributed by atoms with Gasteiger partial charge in [0.15, 0.2) is 0 Å². The first-order valence-corrected chi connectivity index (χ1v) is 8.03. The highest BCUT2D eigenvalue weighted by Gasteiger charge is 2.19. The summed E-state index contributed by atoms with van der Waals surface area (Å²) in [7, 11) is -3.68. The second-order valence-corrected chi connectivity index (χ2v) is 6.70. The molecule has 2 N–H and O–H groups in total. The molecule has 0 spiro atoms. The van der Waals surface area contributed by atoms with Gasteiger partial charge in [0.05, 0.1) is 5.02 Å². The second kappa shape index (κ2) is 6.17. The second-order valence-electron chi connectivity index (χ2n) is 4.55. The first-order valence-electron chi connectivity index (χ1n) is 6.17. The molecule has 1 aromatic rings. The van der Waals surface area contributed by atoms with E-state index in [1.807, 2.05) is 0 Å². The minimum atomic E-state index is -3.68. The lowest BCUT2D eigenvalue weighted by molar-refractivity contribution is 0.539. The summed E-state index contributed by atoms with van der Waals surface area (Å²) in [6, 6.07) is 3.62. The number of hydrogen-bond acceptors (Lipinski definition) is 3. The molecular weight excluding hydrogens is 291 g/mol. The van der Waals surface area contributed by atoms with E-state index in [1.54, 1.807) is 0 Å². The van der Waals surface area contributed by atoms with Gasteiger partial charge < -0.3 is 5.32 Å². The lowest BCUT2D eigenvalue weighted by Gasteiger charge is -2.12. The Morgan fingerprint density at radius 1 is 1.47 bits per heavy atom. The summed E-state index contributed by atoms with van der Waals surface area (Å²) in [5.74, 6) is -0.556. The summed E-state index contributed by atoms with van der Waals surface area (Å²) in [5, 5.41) is 3.19. The van der Waals surface area contributed by atoms with Crippen LogP contribution in [-0.4, -0.2) is 27.5 Å². The fourth-order valence-corrected chi connectivity index (χ4v) is 3.72. The van der Waals surface area contributed by atoms with Gasteiger partial charge in [-0.05, 0) is 44.0 Å². The molecule has 1 atom stereocenters. The number of halogens is 2. The van der Waals surface area contributed by atoms with Crippen molar-refractivity contribution in [1.82, 2.24) is 10.0 Å². The fourth-order valence-electron chi connectivity index (χ4n) is 2.14. The molecule has 1 heterocycles. The van der Waals surface area contributed by atoms with E-state index in [0.717, 1.165) is 37.9 Å². The van der Waals surface area contributed by atoms with Crippen LogP contribution in [0.5, 0.6) is 0 Å². The smallest absolute Gasteiger partial charge is 0.242 e. The van der Waals surface area contributed by atoms with Crippen molar-refractivity contribution < 1.29 is 12.8 Å². The fraction of sp³-hybridized carbons (Fsp3) is 0.500. The quantitative estimate of drug-likeness (QED) is 0.873. The minimum Gasteiger partial charge on any atom is -0.314 e. The van der Waals surface area contributed by atoms with Crippen LogP contribution in [0.1, 0.15) is 19.3 Å². The van der Waals surface area contributed by atoms with E-state index >= 15 is 0 Å². The predicted molar refractivity (Wildman–Crippen MR) is 72.2 cm³/mol. The van der Waals surface area contributed by atoms with Crippen LogP contribution in [0, 0.1) is 5.82 Å². The maximum atomic E-state index is 12.9. The highest BCUT2D eigenvalue weighted by Crippen LogP contribution is 2.22. The maximum Gasteiger partial charge on any atom is 0.242 e. The standard InChI is InChI=1S/C12H16ClFN2O2S/c13-11-8-9(14)3-4-12(11)19(17,18)16-7-5-10-2-1-6-15-10/h3-4,8,10,15-16H,1-2,5-7H2/t10-/m1/s1. The van der Waals surface area contributed by atoms with Crippen molar-refractivity contribution in [2.75, 3.05) is 13.1 Å². The van der Waals surface area contributed by atoms with Crippen LogP contribution in [-0.2, 0) is 10.0 Å². The van der Waals surface area contributed by atoms with Gasteiger partial charge >= 0.3 is 0 Å². The number of hydrogen-bond donors (Lipinski definition) is 2. The molecule has 2 rings (SSSR count). The normalized spacial score (nSPS) is 19.8. The van der Waals surface area contributed by atoms with E-state index in [0.29, 0.717) is 12.6 Å². The van der Waals surface area contributed by atoms with Crippen LogP contribution in [0.25, 0.3) is 0 Å². The molecule has 0 aromatic heterocycles. The van der Waals surface area contributed by atoms with E-state index in [1.165, 1.54) is 6.07 Å². The molecule has 0 aliphatic carbocycles. The van der Waals surface area contributed by atoms with Crippen LogP contribution in [0.2, 0.25) is 5.02 Å². The van der Waals surface area contributed by atoms with E-state index in [9.17, 15) is 12.8 Å². The van der Waals surface area contributed by atoms with Gasteiger partial charge in [0.2, 0.25) is 10.0 Å². The van der Waals surface area contributed by atoms with Crippen LogP contribution < -0.4 is 10.0 Å². The zero-order valence-electron chi connectivity index (χ0n) is 10.3. The molecule has 0 bridgehead atoms. The van der Waals surface area contributed by atoms with Crippen molar-refractivity contribution in [3.8, 4) is 0 Å². The first kappa shape index (κ1) is 14.7. The molecule has 19 heavy (non-hydrogen) atoms. The molecule has 0 amide bonds. The SMILES string of the molecule is O=S(=O)(NCC[C@H]1CCCN1)c1ccc(F)cc1Cl. The van der Waals surface area contributed by atoms with Crippen molar-refractivity contribution in [3.63, 3.8) is 0 Å². The average Bonchev–Trinajstić information content (AvgIpc) is 2.81. The molecule has 106 valence electrons. The zero-order chi connectivity index (χ0) is 13.9. The third-order valence-corrected chi connectivity index (χ3v) is 5.07. The molecular formula is C12H16ClFN2O2S. The summed E-state index contributed by atoms with van der Waals surface area (Å²) >= 11 is 5.75. The van der Waals surface area contributed by atoms with E-state index < -0.39 is 15.8 Å². The van der Waals surface area contributed by atoms with Gasteiger partial charge in [0.1, 0.15) is 10.7 Å². The van der Waals surface area contributed by atoms with Crippen molar-refractivity contribution >= 4 is 21.6 Å². The lowest BCUT2D eigenvalue weighted by atomic mass is 10.2. The van der Waals surface area contributed by atoms with Crippen LogP contribution in [0.15, 0.2) is 23.1 Å². The van der Waals surface area contributed by atoms with Gasteiger partial charge in [-0.25, -0.2) is 17.5 Å². The molecule has 1 fully saturated rings. The monoisotopic (exact) mass is 306 g/mol. The van der Waals surface area contributed by atoms with E-state index in [-0.39, 0.29) is 9.92 Å². The maximum absolute atomic E-state index is 12.9. The highest BCUT2D eigenvalue weighted by atomic mass is 35.5. The average molecular weight is 307 g/mol. The summed E-state index contributed by atoms with van der Waals surface area (Å²) in [5.41, 5.74) is 0. The Labute approximate surface area is 117 Å². The van der Waals surface area contributed by atoms with Crippen molar-refractivity contribution in [2.45, 2.75) is 30.2 Å². The van der Waals surface area contributed by atoms with Gasteiger partial charge in [-0.2, -0.15) is 0 Å². The predicted octanol–water partition coefficient (Wildman–Crippen LogP) is 1.90. The van der Waals surface area contributed by atoms with Crippen LogP contribution in [0.4, 0.5) is 4.39 Å². The summed E-state index contributed by atoms with van der Waals surface area (Å²) in [6.45, 7) is 1.33. The van der Waals surface area contributed by atoms with Crippen LogP contribution >= 0.6 is 11.6 Å². The summed E-state index contributed by atoms with van der Waals surface area (Å²) in [4.78, 5) is -0.0880. The summed E-state index contributed by atoms with van der Waals surface area (Å²) in [6.07, 6.45) is 2.93. The molecule has 7 heteroatoms. The Morgan fingerprint density at radius 2 is 2.26 bits per heavy atom. The van der Waals surface area contributed by atoms with Gasteiger partial charge in [-0.3, -0.25) is 0 Å². The molecule has 0 saturated carbocycles. The minimum absolute atomic E-state index is 0.0880. The zero-order valence-corrected chi connectivity index (χ0v) is 11.9. The first-order chi connectivity index (χ1) is 8.99. The molecule has 0 unspecified atom stereocenters. The number of benzene rings is 1. The third-order valence-electron chi connectivity index (χ3n) is 3.13. The molecule has 0 radical (unpaired) electrons. The van der Waals surface area contributed by atoms with E-state index in [2.05, 4.69) is 10.0 Å². The molecule has 1 aliphatic heterocycles. The van der Waals surface area contributed by atoms with Crippen LogP contribution in [0.3, 0.4) is 0 Å². The largest absolute Gasteiger partial charge is 0.314 e. The van der Waals surface area contributed by atoms with Gasteiger partial charge in [0.25, 0.3) is 0 Å². The molecule has 1 aliphatic rings. The van der Waals surface area contributed by atoms with E-state index in [4.69, 9.17) is 11.6 Å². The van der Waals surface area contributed by atoms with Gasteiger partial charge in [-0.15, -0.1) is 0 Å². The Hall–Kier alpha value is -0.690. The number of sulfonamides is 1. The lowest BCUT2D eigenvalue weighted by Crippen LogP contribution is -2.30. The van der Waals surface area contributed by atoms with Gasteiger partial charge in [0, 0.05) is 12.6 Å². The molecule has 1 saturated heterocycles. The van der Waals surface area contributed by atoms with Crippen molar-refractivity contribution in [1.29, 1.82) is 0 Å². The van der Waals surface area contributed by atoms with Crippen molar-refractivity contribution in [3.05, 3.63) is 29.0 Å². The Morgan fingerprint density at radius 3 is 2.89 bits per heavy atom. The van der Waals surface area contributed by atoms with Crippen molar-refractivity contribution in [2.24, 2.45) is 0 Å². The van der Waals surface area contributed by atoms with Gasteiger partial charge in [-0.1, -0.05) is 11.6 Å². The highest BCUT2D eigenvalue weighted by molar-refractivity contribution is 7.89. The Bertz CT molecular complexity index is 545. The summed E-state index contributed by atoms with van der Waals surface area (Å²) < 4.78 is 39.4.